The Kier molecular flexibility index (Phi) is 5.66. The van der Waals surface area contributed by atoms with Gasteiger partial charge in [-0.25, -0.2) is 4.39 Å². The lowest BCUT2D eigenvalue weighted by Crippen LogP contribution is -2.30. The van der Waals surface area contributed by atoms with E-state index in [0.717, 1.165) is 6.07 Å². The van der Waals surface area contributed by atoms with E-state index in [2.05, 4.69) is 0 Å². The smallest absolute Gasteiger partial charge is 0.303 e. The van der Waals surface area contributed by atoms with Crippen molar-refractivity contribution in [2.24, 2.45) is 0 Å². The molecule has 0 aromatic heterocycles. The van der Waals surface area contributed by atoms with Gasteiger partial charge in [0, 0.05) is 25.1 Å². The largest absolute Gasteiger partial charge is 0.481 e. The molecule has 0 atom stereocenters. The van der Waals surface area contributed by atoms with Crippen molar-refractivity contribution in [3.05, 3.63) is 35.1 Å². The zero-order valence-corrected chi connectivity index (χ0v) is 11.1. The van der Waals surface area contributed by atoms with Crippen LogP contribution >= 0.6 is 0 Å². The third-order valence-electron chi connectivity index (χ3n) is 2.83. The summed E-state index contributed by atoms with van der Waals surface area (Å²) in [6.45, 7) is 2.16. The van der Waals surface area contributed by atoms with E-state index in [4.69, 9.17) is 10.4 Å². The average molecular weight is 278 g/mol. The van der Waals surface area contributed by atoms with Crippen LogP contribution in [0.5, 0.6) is 0 Å². The van der Waals surface area contributed by atoms with Crippen LogP contribution < -0.4 is 0 Å². The van der Waals surface area contributed by atoms with Gasteiger partial charge in [-0.05, 0) is 19.1 Å². The fourth-order valence-electron chi connectivity index (χ4n) is 1.70. The Labute approximate surface area is 116 Å². The van der Waals surface area contributed by atoms with Crippen LogP contribution in [0.1, 0.15) is 30.9 Å². The summed E-state index contributed by atoms with van der Waals surface area (Å²) in [5.74, 6) is -1.92. The summed E-state index contributed by atoms with van der Waals surface area (Å²) in [5.41, 5.74) is 0.515. The molecule has 1 amide bonds. The Morgan fingerprint density at radius 1 is 1.40 bits per heavy atom. The van der Waals surface area contributed by atoms with Gasteiger partial charge in [0.2, 0.25) is 5.91 Å². The van der Waals surface area contributed by atoms with E-state index in [0.29, 0.717) is 12.1 Å². The number of nitriles is 1. The number of carbonyl (C=O) groups excluding carboxylic acids is 1. The Morgan fingerprint density at radius 3 is 2.60 bits per heavy atom. The summed E-state index contributed by atoms with van der Waals surface area (Å²) in [5, 5.41) is 17.2. The molecule has 0 radical (unpaired) electrons. The van der Waals surface area contributed by atoms with E-state index in [1.165, 1.54) is 17.0 Å². The molecule has 1 N–H and O–H groups in total. The molecule has 5 nitrogen and oxygen atoms in total. The van der Waals surface area contributed by atoms with Gasteiger partial charge in [0.15, 0.2) is 0 Å². The molecule has 106 valence electrons. The lowest BCUT2D eigenvalue weighted by atomic mass is 10.1. The minimum absolute atomic E-state index is 0.0620. The number of aliphatic carboxylic acids is 1. The average Bonchev–Trinajstić information content (AvgIpc) is 2.43. The highest BCUT2D eigenvalue weighted by atomic mass is 19.1. The van der Waals surface area contributed by atoms with Gasteiger partial charge < -0.3 is 10.0 Å². The van der Waals surface area contributed by atoms with Gasteiger partial charge >= 0.3 is 5.97 Å². The second kappa shape index (κ2) is 7.24. The topological polar surface area (TPSA) is 81.4 Å². The lowest BCUT2D eigenvalue weighted by Gasteiger charge is -2.21. The number of amides is 1. The molecule has 0 aliphatic heterocycles. The van der Waals surface area contributed by atoms with E-state index in [9.17, 15) is 14.0 Å². The summed E-state index contributed by atoms with van der Waals surface area (Å²) in [4.78, 5) is 23.6. The van der Waals surface area contributed by atoms with Crippen molar-refractivity contribution in [3.8, 4) is 6.07 Å². The molecular weight excluding hydrogens is 263 g/mol. The molecule has 0 heterocycles. The fraction of sp³-hybridized carbons (Fsp3) is 0.357. The first-order valence-corrected chi connectivity index (χ1v) is 6.16. The maximum Gasteiger partial charge on any atom is 0.303 e. The molecule has 0 spiro atoms. The normalized spacial score (nSPS) is 9.85. The summed E-state index contributed by atoms with van der Waals surface area (Å²) in [6, 6.07) is 5.89. The Hall–Kier alpha value is -2.42. The molecule has 1 aromatic rings. The highest BCUT2D eigenvalue weighted by Gasteiger charge is 2.15. The Balaban J connectivity index is 2.76. The number of carboxylic acids is 1. The van der Waals surface area contributed by atoms with Crippen molar-refractivity contribution >= 4 is 11.9 Å². The van der Waals surface area contributed by atoms with Crippen molar-refractivity contribution in [2.75, 3.05) is 6.54 Å². The van der Waals surface area contributed by atoms with E-state index >= 15 is 0 Å². The van der Waals surface area contributed by atoms with Crippen LogP contribution in [-0.4, -0.2) is 28.4 Å². The molecule has 0 aliphatic carbocycles. The minimum atomic E-state index is -1.04. The highest BCUT2D eigenvalue weighted by molar-refractivity contribution is 5.80. The molecule has 1 aromatic carbocycles. The van der Waals surface area contributed by atoms with Crippen LogP contribution in [-0.2, 0) is 16.1 Å². The summed E-state index contributed by atoms with van der Waals surface area (Å²) >= 11 is 0. The number of hydrogen-bond donors (Lipinski definition) is 1. The standard InChI is InChI=1S/C14H15FN2O3/c1-2-17(13(18)5-6-14(19)20)9-11-4-3-10(8-16)7-12(11)15/h3-4,7H,2,5-6,9H2,1H3,(H,19,20). The molecule has 1 rings (SSSR count). The zero-order valence-electron chi connectivity index (χ0n) is 11.1. The van der Waals surface area contributed by atoms with Gasteiger partial charge in [0.05, 0.1) is 18.1 Å². The van der Waals surface area contributed by atoms with Crippen molar-refractivity contribution in [1.29, 1.82) is 5.26 Å². The predicted octanol–water partition coefficient (Wildman–Crippen LogP) is 1.91. The summed E-state index contributed by atoms with van der Waals surface area (Å²) < 4.78 is 13.7. The SMILES string of the molecule is CCN(Cc1ccc(C#N)cc1F)C(=O)CCC(=O)O. The third-order valence-corrected chi connectivity index (χ3v) is 2.83. The maximum atomic E-state index is 13.7. The number of halogens is 1. The highest BCUT2D eigenvalue weighted by Crippen LogP contribution is 2.13. The summed E-state index contributed by atoms with van der Waals surface area (Å²) in [7, 11) is 0. The molecule has 0 fully saturated rings. The predicted molar refractivity (Wildman–Crippen MR) is 69.1 cm³/mol. The maximum absolute atomic E-state index is 13.7. The number of carboxylic acid groups (broad SMARTS) is 1. The Bertz CT molecular complexity index is 552. The number of hydrogen-bond acceptors (Lipinski definition) is 3. The van der Waals surface area contributed by atoms with Crippen molar-refractivity contribution in [2.45, 2.75) is 26.3 Å². The quantitative estimate of drug-likeness (QED) is 0.861. The fourth-order valence-corrected chi connectivity index (χ4v) is 1.70. The van der Waals surface area contributed by atoms with Crippen molar-refractivity contribution < 1.29 is 19.1 Å². The van der Waals surface area contributed by atoms with Crippen LogP contribution in [0, 0.1) is 17.1 Å². The molecule has 0 bridgehead atoms. The molecule has 0 saturated heterocycles. The van der Waals surface area contributed by atoms with Crippen LogP contribution in [0.3, 0.4) is 0 Å². The van der Waals surface area contributed by atoms with E-state index in [1.54, 1.807) is 6.92 Å². The molecule has 6 heteroatoms. The van der Waals surface area contributed by atoms with Gasteiger partial charge in [-0.1, -0.05) is 6.07 Å². The monoisotopic (exact) mass is 278 g/mol. The van der Waals surface area contributed by atoms with Gasteiger partial charge in [0.25, 0.3) is 0 Å². The summed E-state index contributed by atoms with van der Waals surface area (Å²) in [6.07, 6.45) is -0.355. The molecule has 0 saturated carbocycles. The molecule has 0 aliphatic rings. The first-order valence-electron chi connectivity index (χ1n) is 6.16. The van der Waals surface area contributed by atoms with Crippen molar-refractivity contribution in [1.82, 2.24) is 4.90 Å². The van der Waals surface area contributed by atoms with E-state index in [-0.39, 0.29) is 30.9 Å². The van der Waals surface area contributed by atoms with Crippen molar-refractivity contribution in [3.63, 3.8) is 0 Å². The van der Waals surface area contributed by atoms with Gasteiger partial charge in [-0.2, -0.15) is 5.26 Å². The molecule has 0 unspecified atom stereocenters. The van der Waals surface area contributed by atoms with Gasteiger partial charge in [0.1, 0.15) is 5.82 Å². The number of carbonyl (C=O) groups is 2. The molecule has 20 heavy (non-hydrogen) atoms. The third kappa shape index (κ3) is 4.35. The molecular formula is C14H15FN2O3. The lowest BCUT2D eigenvalue weighted by molar-refractivity contribution is -0.141. The van der Waals surface area contributed by atoms with Gasteiger partial charge in [-0.3, -0.25) is 9.59 Å². The first kappa shape index (κ1) is 15.6. The van der Waals surface area contributed by atoms with Crippen LogP contribution in [0.2, 0.25) is 0 Å². The Morgan fingerprint density at radius 2 is 2.10 bits per heavy atom. The number of rotatable bonds is 6. The van der Waals surface area contributed by atoms with Crippen LogP contribution in [0.25, 0.3) is 0 Å². The number of nitrogens with zero attached hydrogens (tertiary/aromatic N) is 2. The number of benzene rings is 1. The minimum Gasteiger partial charge on any atom is -0.481 e. The van der Waals surface area contributed by atoms with Crippen LogP contribution in [0.15, 0.2) is 18.2 Å². The van der Waals surface area contributed by atoms with E-state index in [1.807, 2.05) is 6.07 Å². The van der Waals surface area contributed by atoms with E-state index < -0.39 is 11.8 Å². The second-order valence-electron chi connectivity index (χ2n) is 4.22. The van der Waals surface area contributed by atoms with Gasteiger partial charge in [-0.15, -0.1) is 0 Å². The van der Waals surface area contributed by atoms with Crippen LogP contribution in [0.4, 0.5) is 4.39 Å². The second-order valence-corrected chi connectivity index (χ2v) is 4.22. The first-order chi connectivity index (χ1) is 9.47. The zero-order chi connectivity index (χ0) is 15.1.